The van der Waals surface area contributed by atoms with E-state index in [1.54, 1.807) is 22.7 Å². The summed E-state index contributed by atoms with van der Waals surface area (Å²) in [5, 5.41) is 9.33. The van der Waals surface area contributed by atoms with Crippen molar-refractivity contribution < 1.29 is 9.90 Å². The SMILES string of the molecule is O=C(O)CCCCC(CCSc1nc2ccccc2s1)Sc1nc2ccccc2s1. The molecule has 0 spiro atoms. The van der Waals surface area contributed by atoms with Crippen molar-refractivity contribution in [3.63, 3.8) is 0 Å². The monoisotopic (exact) mass is 474 g/mol. The summed E-state index contributed by atoms with van der Waals surface area (Å²) in [5.41, 5.74) is 2.12. The maximum absolute atomic E-state index is 10.8. The third kappa shape index (κ3) is 5.97. The summed E-state index contributed by atoms with van der Waals surface area (Å²) in [4.78, 5) is 20.3. The van der Waals surface area contributed by atoms with E-state index in [4.69, 9.17) is 15.1 Å². The van der Waals surface area contributed by atoms with Gasteiger partial charge in [-0.25, -0.2) is 9.97 Å². The summed E-state index contributed by atoms with van der Waals surface area (Å²) >= 11 is 7.15. The van der Waals surface area contributed by atoms with Gasteiger partial charge in [0.25, 0.3) is 0 Å². The number of carboxylic acid groups (broad SMARTS) is 1. The smallest absolute Gasteiger partial charge is 0.303 e. The number of nitrogens with zero attached hydrogens (tertiary/aromatic N) is 2. The van der Waals surface area contributed by atoms with Crippen molar-refractivity contribution in [1.29, 1.82) is 0 Å². The molecular formula is C22H22N2O2S4. The van der Waals surface area contributed by atoms with Gasteiger partial charge in [-0.05, 0) is 43.5 Å². The normalized spacial score (nSPS) is 12.5. The molecule has 0 bridgehead atoms. The van der Waals surface area contributed by atoms with E-state index in [9.17, 15) is 4.79 Å². The first kappa shape index (κ1) is 21.6. The number of thiazole rings is 2. The van der Waals surface area contributed by atoms with Crippen molar-refractivity contribution in [1.82, 2.24) is 9.97 Å². The van der Waals surface area contributed by atoms with E-state index in [0.717, 1.165) is 51.1 Å². The van der Waals surface area contributed by atoms with Crippen LogP contribution in [-0.4, -0.2) is 32.0 Å². The van der Waals surface area contributed by atoms with Gasteiger partial charge < -0.3 is 5.11 Å². The predicted octanol–water partition coefficient (Wildman–Crippen LogP) is 7.19. The predicted molar refractivity (Wildman–Crippen MR) is 130 cm³/mol. The summed E-state index contributed by atoms with van der Waals surface area (Å²) in [6, 6.07) is 16.5. The van der Waals surface area contributed by atoms with Crippen molar-refractivity contribution in [2.45, 2.75) is 46.0 Å². The highest BCUT2D eigenvalue weighted by molar-refractivity contribution is 8.02. The molecule has 4 rings (SSSR count). The fraction of sp³-hybridized carbons (Fsp3) is 0.318. The van der Waals surface area contributed by atoms with E-state index >= 15 is 0 Å². The molecule has 0 aliphatic rings. The Bertz CT molecular complexity index is 1060. The molecule has 0 radical (unpaired) electrons. The number of carbonyl (C=O) groups is 1. The van der Waals surface area contributed by atoms with Gasteiger partial charge >= 0.3 is 5.97 Å². The molecule has 2 aromatic heterocycles. The number of hydrogen-bond acceptors (Lipinski definition) is 7. The molecule has 0 fully saturated rings. The van der Waals surface area contributed by atoms with Crippen molar-refractivity contribution in [2.24, 2.45) is 0 Å². The molecule has 4 nitrogen and oxygen atoms in total. The molecule has 0 saturated heterocycles. The van der Waals surface area contributed by atoms with Crippen LogP contribution in [-0.2, 0) is 4.79 Å². The fourth-order valence-electron chi connectivity index (χ4n) is 3.14. The second-order valence-electron chi connectivity index (χ2n) is 6.91. The van der Waals surface area contributed by atoms with Gasteiger partial charge in [0.2, 0.25) is 0 Å². The lowest BCUT2D eigenvalue weighted by atomic mass is 10.1. The molecule has 0 saturated carbocycles. The molecule has 1 atom stereocenters. The maximum atomic E-state index is 10.8. The van der Waals surface area contributed by atoms with Crippen molar-refractivity contribution in [2.75, 3.05) is 5.75 Å². The molecule has 8 heteroatoms. The zero-order valence-electron chi connectivity index (χ0n) is 16.3. The first-order valence-electron chi connectivity index (χ1n) is 9.90. The van der Waals surface area contributed by atoms with Gasteiger partial charge in [-0.15, -0.1) is 22.7 Å². The van der Waals surface area contributed by atoms with Crippen LogP contribution < -0.4 is 0 Å². The molecule has 1 N–H and O–H groups in total. The average molecular weight is 475 g/mol. The Hall–Kier alpha value is -1.61. The Balaban J connectivity index is 1.36. The molecule has 0 aliphatic carbocycles. The largest absolute Gasteiger partial charge is 0.481 e. The minimum atomic E-state index is -0.711. The molecule has 30 heavy (non-hydrogen) atoms. The fourth-order valence-corrected chi connectivity index (χ4v) is 8.01. The van der Waals surface area contributed by atoms with Gasteiger partial charge in [-0.2, -0.15) is 0 Å². The number of rotatable bonds is 11. The maximum Gasteiger partial charge on any atom is 0.303 e. The minimum absolute atomic E-state index is 0.249. The van der Waals surface area contributed by atoms with Crippen LogP contribution in [0.4, 0.5) is 0 Å². The highest BCUT2D eigenvalue weighted by atomic mass is 32.2. The van der Waals surface area contributed by atoms with E-state index in [2.05, 4.69) is 30.3 Å². The Morgan fingerprint density at radius 1 is 0.900 bits per heavy atom. The second-order valence-corrected chi connectivity index (χ2v) is 11.9. The van der Waals surface area contributed by atoms with Gasteiger partial charge in [0.15, 0.2) is 8.68 Å². The van der Waals surface area contributed by atoms with Gasteiger partial charge in [0.1, 0.15) is 0 Å². The number of benzene rings is 2. The molecule has 2 heterocycles. The van der Waals surface area contributed by atoms with Crippen molar-refractivity contribution >= 4 is 72.6 Å². The molecule has 0 amide bonds. The lowest BCUT2D eigenvalue weighted by Gasteiger charge is -2.14. The van der Waals surface area contributed by atoms with E-state index in [0.29, 0.717) is 5.25 Å². The first-order valence-corrected chi connectivity index (χ1v) is 13.4. The van der Waals surface area contributed by atoms with Gasteiger partial charge in [-0.1, -0.05) is 54.2 Å². The quantitative estimate of drug-likeness (QED) is 0.183. The number of para-hydroxylation sites is 2. The highest BCUT2D eigenvalue weighted by Gasteiger charge is 2.15. The Kier molecular flexibility index (Phi) is 7.65. The number of fused-ring (bicyclic) bond motifs is 2. The van der Waals surface area contributed by atoms with Crippen LogP contribution in [0.2, 0.25) is 0 Å². The van der Waals surface area contributed by atoms with E-state index in [1.165, 1.54) is 9.40 Å². The van der Waals surface area contributed by atoms with Crippen molar-refractivity contribution in [3.8, 4) is 0 Å². The number of aromatic nitrogens is 2. The number of aliphatic carboxylic acids is 1. The average Bonchev–Trinajstić information content (AvgIpc) is 3.33. The van der Waals surface area contributed by atoms with Crippen LogP contribution >= 0.6 is 46.2 Å². The number of carboxylic acids is 1. The lowest BCUT2D eigenvalue weighted by molar-refractivity contribution is -0.137. The molecule has 0 aliphatic heterocycles. The summed E-state index contributed by atoms with van der Waals surface area (Å²) in [7, 11) is 0. The minimum Gasteiger partial charge on any atom is -0.481 e. The lowest BCUT2D eigenvalue weighted by Crippen LogP contribution is -2.05. The molecule has 1 unspecified atom stereocenters. The third-order valence-corrected chi connectivity index (χ3v) is 9.33. The number of hydrogen-bond donors (Lipinski definition) is 1. The number of thioether (sulfide) groups is 2. The Labute approximate surface area is 192 Å². The Morgan fingerprint density at radius 2 is 1.53 bits per heavy atom. The van der Waals surface area contributed by atoms with Gasteiger partial charge in [-0.3, -0.25) is 4.79 Å². The summed E-state index contributed by atoms with van der Waals surface area (Å²) < 4.78 is 4.66. The van der Waals surface area contributed by atoms with Crippen LogP contribution in [0.3, 0.4) is 0 Å². The van der Waals surface area contributed by atoms with Gasteiger partial charge in [0.05, 0.1) is 20.4 Å². The molecule has 156 valence electrons. The zero-order chi connectivity index (χ0) is 20.8. The molecular weight excluding hydrogens is 453 g/mol. The zero-order valence-corrected chi connectivity index (χ0v) is 19.6. The second kappa shape index (κ2) is 10.6. The van der Waals surface area contributed by atoms with Crippen molar-refractivity contribution in [3.05, 3.63) is 48.5 Å². The highest BCUT2D eigenvalue weighted by Crippen LogP contribution is 2.37. The van der Waals surface area contributed by atoms with Gasteiger partial charge in [0, 0.05) is 17.4 Å². The summed E-state index contributed by atoms with van der Waals surface area (Å²) in [5.74, 6) is 0.290. The van der Waals surface area contributed by atoms with Crippen LogP contribution in [0.25, 0.3) is 20.4 Å². The molecule has 2 aromatic carbocycles. The summed E-state index contributed by atoms with van der Waals surface area (Å²) in [6.45, 7) is 0. The topological polar surface area (TPSA) is 63.1 Å². The third-order valence-electron chi connectivity index (χ3n) is 4.65. The number of unbranched alkanes of at least 4 members (excludes halogenated alkanes) is 1. The van der Waals surface area contributed by atoms with Crippen LogP contribution in [0, 0.1) is 0 Å². The summed E-state index contributed by atoms with van der Waals surface area (Å²) in [6.07, 6.45) is 3.97. The van der Waals surface area contributed by atoms with Crippen LogP contribution in [0.1, 0.15) is 32.1 Å². The standard InChI is InChI=1S/C22H22N2O2S4/c25-20(26)12-6-1-7-15(28-22-24-17-9-3-5-11-19(17)30-22)13-14-27-21-23-16-8-2-4-10-18(16)29-21/h2-5,8-11,15H,1,6-7,12-14H2,(H,25,26). The Morgan fingerprint density at radius 3 is 2.20 bits per heavy atom. The van der Waals surface area contributed by atoms with E-state index in [-0.39, 0.29) is 6.42 Å². The van der Waals surface area contributed by atoms with Crippen LogP contribution in [0.15, 0.2) is 57.2 Å². The molecule has 4 aromatic rings. The first-order chi connectivity index (χ1) is 14.7. The van der Waals surface area contributed by atoms with E-state index in [1.807, 2.05) is 41.7 Å². The van der Waals surface area contributed by atoms with E-state index < -0.39 is 5.97 Å². The van der Waals surface area contributed by atoms with Crippen LogP contribution in [0.5, 0.6) is 0 Å².